The normalized spacial score (nSPS) is 12.5. The lowest BCUT2D eigenvalue weighted by molar-refractivity contribution is 1.14. The Morgan fingerprint density at radius 2 is 0.486 bits per heavy atom. The van der Waals surface area contributed by atoms with Crippen molar-refractivity contribution in [2.75, 3.05) is 0 Å². The molecule has 0 N–H and O–H groups in total. The molecule has 2 aromatic heterocycles. The van der Waals surface area contributed by atoms with Crippen molar-refractivity contribution in [3.05, 3.63) is 291 Å². The average Bonchev–Trinajstić information content (AvgIpc) is 3.95. The van der Waals surface area contributed by atoms with Gasteiger partial charge in [-0.1, -0.05) is 152 Å². The van der Waals surface area contributed by atoms with Gasteiger partial charge in [-0.15, -0.1) is 20.1 Å². The van der Waals surface area contributed by atoms with Crippen molar-refractivity contribution in [1.29, 1.82) is 0 Å². The summed E-state index contributed by atoms with van der Waals surface area (Å²) in [6, 6.07) is 108. The van der Waals surface area contributed by atoms with Crippen LogP contribution in [0.5, 0.6) is 0 Å². The molecule has 2 nitrogen and oxygen atoms in total. The molecule has 0 aliphatic rings. The Bertz CT molecular complexity index is 3790. The molecular formula is C66H48N2S2. The van der Waals surface area contributed by atoms with Crippen LogP contribution in [0.3, 0.4) is 0 Å². The van der Waals surface area contributed by atoms with Gasteiger partial charge < -0.3 is 9.13 Å². The van der Waals surface area contributed by atoms with E-state index in [1.165, 1.54) is 82.8 Å². The van der Waals surface area contributed by atoms with Gasteiger partial charge in [-0.25, -0.2) is 0 Å². The molecule has 0 bridgehead atoms. The fraction of sp³-hybridized carbons (Fsp3) is 0. The van der Waals surface area contributed by atoms with Crippen LogP contribution in [-0.2, 0) is 0 Å². The van der Waals surface area contributed by atoms with Crippen LogP contribution in [0.1, 0.15) is 0 Å². The topological polar surface area (TPSA) is 9.86 Å². The maximum Gasteiger partial charge on any atom is 0.0542 e. The summed E-state index contributed by atoms with van der Waals surface area (Å²) in [6.07, 6.45) is 0. The Morgan fingerprint density at radius 1 is 0.186 bits per heavy atom. The lowest BCUT2D eigenvalue weighted by Gasteiger charge is -2.42. The van der Waals surface area contributed by atoms with Crippen LogP contribution in [0, 0.1) is 0 Å². The largest absolute Gasteiger partial charge is 0.309 e. The third kappa shape index (κ3) is 6.52. The smallest absolute Gasteiger partial charge is 0.0542 e. The van der Waals surface area contributed by atoms with E-state index in [1.807, 2.05) is 0 Å². The van der Waals surface area contributed by atoms with E-state index in [-0.39, 0.29) is 0 Å². The number of aromatic nitrogens is 2. The number of rotatable bonds is 10. The standard InChI is InChI=1S/C66H48N2S2/c1-7-25-51(26-8-1)69(52-27-9-2-10-28-52,53-29-11-3-12-30-53)57-37-23-24-49(46-57)67-63-40-21-19-38-59(63)61-47-50(42-44-65(61)67)68-64-41-22-20-39-60(64)62-48-58(43-45-66(62)68)70(54-31-13-4-14-32-54,55-33-15-5-16-34-55)56-35-17-6-18-36-56/h1-48H. The molecule has 70 heavy (non-hydrogen) atoms. The summed E-state index contributed by atoms with van der Waals surface area (Å²) >= 11 is 0. The van der Waals surface area contributed by atoms with Gasteiger partial charge in [0, 0.05) is 72.1 Å². The average molecular weight is 933 g/mol. The Kier molecular flexibility index (Phi) is 10.4. The van der Waals surface area contributed by atoms with Gasteiger partial charge in [0.15, 0.2) is 0 Å². The summed E-state index contributed by atoms with van der Waals surface area (Å²) in [5.74, 6) is 0. The summed E-state index contributed by atoms with van der Waals surface area (Å²) in [5, 5.41) is 4.92. The van der Waals surface area contributed by atoms with Crippen molar-refractivity contribution >= 4 is 63.7 Å². The second-order valence-corrected chi connectivity index (χ2v) is 23.9. The lowest BCUT2D eigenvalue weighted by atomic mass is 10.1. The minimum Gasteiger partial charge on any atom is -0.309 e. The fourth-order valence-corrected chi connectivity index (χ4v) is 18.8. The molecule has 0 fully saturated rings. The number of benzene rings is 11. The molecule has 2 heterocycles. The highest BCUT2D eigenvalue weighted by Crippen LogP contribution is 2.75. The van der Waals surface area contributed by atoms with Crippen molar-refractivity contribution in [3.8, 4) is 11.4 Å². The molecule has 334 valence electrons. The van der Waals surface area contributed by atoms with Crippen LogP contribution in [0.2, 0.25) is 0 Å². The van der Waals surface area contributed by atoms with Crippen molar-refractivity contribution in [2.24, 2.45) is 0 Å². The summed E-state index contributed by atoms with van der Waals surface area (Å²) in [7, 11) is -3.76. The minimum absolute atomic E-state index is 1.14. The number of para-hydroxylation sites is 2. The monoisotopic (exact) mass is 932 g/mol. The molecule has 13 rings (SSSR count). The zero-order valence-electron chi connectivity index (χ0n) is 38.4. The first-order valence-electron chi connectivity index (χ1n) is 23.9. The number of fused-ring (bicyclic) bond motifs is 6. The van der Waals surface area contributed by atoms with Crippen LogP contribution in [0.15, 0.2) is 330 Å². The quantitative estimate of drug-likeness (QED) is 0.129. The highest BCUT2D eigenvalue weighted by Gasteiger charge is 2.35. The Balaban J connectivity index is 1.01. The molecule has 0 saturated heterocycles. The van der Waals surface area contributed by atoms with Gasteiger partial charge in [0.05, 0.1) is 22.1 Å². The molecule has 4 heteroatoms. The summed E-state index contributed by atoms with van der Waals surface area (Å²) in [6.45, 7) is 0. The predicted molar refractivity (Wildman–Crippen MR) is 295 cm³/mol. The van der Waals surface area contributed by atoms with Gasteiger partial charge in [0.1, 0.15) is 0 Å². The molecule has 0 radical (unpaired) electrons. The van der Waals surface area contributed by atoms with Crippen molar-refractivity contribution in [3.63, 3.8) is 0 Å². The molecule has 0 amide bonds. The maximum atomic E-state index is 2.50. The zero-order valence-corrected chi connectivity index (χ0v) is 40.1. The first-order chi connectivity index (χ1) is 34.7. The lowest BCUT2D eigenvalue weighted by Crippen LogP contribution is -2.06. The van der Waals surface area contributed by atoms with Crippen molar-refractivity contribution in [2.45, 2.75) is 39.2 Å². The molecule has 0 aliphatic heterocycles. The van der Waals surface area contributed by atoms with Crippen molar-refractivity contribution in [1.82, 2.24) is 9.13 Å². The van der Waals surface area contributed by atoms with E-state index in [0.717, 1.165) is 11.4 Å². The predicted octanol–water partition coefficient (Wildman–Crippen LogP) is 18.6. The van der Waals surface area contributed by atoms with E-state index in [4.69, 9.17) is 0 Å². The van der Waals surface area contributed by atoms with E-state index in [2.05, 4.69) is 300 Å². The van der Waals surface area contributed by atoms with Gasteiger partial charge in [0.2, 0.25) is 0 Å². The van der Waals surface area contributed by atoms with Gasteiger partial charge in [-0.2, -0.15) is 0 Å². The first kappa shape index (κ1) is 41.9. The maximum absolute atomic E-state index is 2.50. The molecule has 0 aliphatic carbocycles. The first-order valence-corrected chi connectivity index (χ1v) is 27.2. The number of nitrogens with zero attached hydrogens (tertiary/aromatic N) is 2. The summed E-state index contributed by atoms with van der Waals surface area (Å²) in [5.41, 5.74) is 7.00. The summed E-state index contributed by atoms with van der Waals surface area (Å²) in [4.78, 5) is 10.5. The molecule has 13 aromatic rings. The Hall–Kier alpha value is -8.28. The highest BCUT2D eigenvalue weighted by molar-refractivity contribution is 8.34. The third-order valence-corrected chi connectivity index (χ3v) is 21.7. The second-order valence-electron chi connectivity index (χ2n) is 17.7. The number of hydrogen-bond acceptors (Lipinski definition) is 0. The molecule has 0 atom stereocenters. The third-order valence-electron chi connectivity index (χ3n) is 13.9. The molecule has 0 spiro atoms. The van der Waals surface area contributed by atoms with E-state index >= 15 is 0 Å². The number of hydrogen-bond donors (Lipinski definition) is 0. The van der Waals surface area contributed by atoms with Crippen LogP contribution in [0.25, 0.3) is 55.0 Å². The molecular weight excluding hydrogens is 885 g/mol. The molecule has 0 unspecified atom stereocenters. The second kappa shape index (κ2) is 17.4. The molecule has 0 saturated carbocycles. The van der Waals surface area contributed by atoms with E-state index < -0.39 is 20.1 Å². The molecule has 11 aromatic carbocycles. The Morgan fingerprint density at radius 3 is 0.900 bits per heavy atom. The van der Waals surface area contributed by atoms with E-state index in [0.29, 0.717) is 0 Å². The highest BCUT2D eigenvalue weighted by atomic mass is 32.3. The van der Waals surface area contributed by atoms with Gasteiger partial charge in [-0.05, 0) is 140 Å². The van der Waals surface area contributed by atoms with Crippen LogP contribution >= 0.6 is 20.1 Å². The Labute approximate surface area is 412 Å². The van der Waals surface area contributed by atoms with Crippen molar-refractivity contribution < 1.29 is 0 Å². The van der Waals surface area contributed by atoms with Crippen LogP contribution in [-0.4, -0.2) is 9.13 Å². The van der Waals surface area contributed by atoms with E-state index in [9.17, 15) is 0 Å². The van der Waals surface area contributed by atoms with Gasteiger partial charge >= 0.3 is 0 Å². The SMILES string of the molecule is c1ccc(S(c2ccccc2)(c2ccccc2)c2cccc(-n3c4ccccc4c4cc(-n5c6ccccc6c6cc(S(c7ccccc7)(c7ccccc7)c7ccccc7)ccc65)ccc43)c2)cc1. The van der Waals surface area contributed by atoms with Crippen LogP contribution < -0.4 is 0 Å². The fourth-order valence-electron chi connectivity index (χ4n) is 11.0. The summed E-state index contributed by atoms with van der Waals surface area (Å²) < 4.78 is 4.95. The zero-order chi connectivity index (χ0) is 46.5. The minimum atomic E-state index is -1.88. The van der Waals surface area contributed by atoms with Gasteiger partial charge in [0.25, 0.3) is 0 Å². The van der Waals surface area contributed by atoms with Gasteiger partial charge in [-0.3, -0.25) is 0 Å². The van der Waals surface area contributed by atoms with Crippen LogP contribution in [0.4, 0.5) is 0 Å². The van der Waals surface area contributed by atoms with E-state index in [1.54, 1.807) is 0 Å².